The number of nitrogens with one attached hydrogen (secondary N) is 2. The third-order valence-electron chi connectivity index (χ3n) is 3.09. The van der Waals surface area contributed by atoms with E-state index in [-0.39, 0.29) is 17.6 Å². The minimum absolute atomic E-state index is 0.220. The van der Waals surface area contributed by atoms with E-state index >= 15 is 0 Å². The van der Waals surface area contributed by atoms with Crippen molar-refractivity contribution in [3.8, 4) is 0 Å². The molecule has 19 heavy (non-hydrogen) atoms. The van der Waals surface area contributed by atoms with Crippen LogP contribution in [-0.4, -0.2) is 29.6 Å². The number of carboxylic acids is 1. The van der Waals surface area contributed by atoms with Crippen molar-refractivity contribution in [1.29, 1.82) is 0 Å². The van der Waals surface area contributed by atoms with Crippen LogP contribution < -0.4 is 10.6 Å². The van der Waals surface area contributed by atoms with Crippen molar-refractivity contribution in [2.45, 2.75) is 25.3 Å². The Bertz CT molecular complexity index is 499. The van der Waals surface area contributed by atoms with E-state index in [1.807, 2.05) is 0 Å². The van der Waals surface area contributed by atoms with Gasteiger partial charge in [0.1, 0.15) is 5.82 Å². The number of anilines is 1. The summed E-state index contributed by atoms with van der Waals surface area (Å²) >= 11 is 0. The number of benzene rings is 1. The molecule has 1 saturated heterocycles. The maximum atomic E-state index is 13.4. The number of carbonyl (C=O) groups excluding carboxylic acids is 1. The number of piperidine rings is 1. The minimum Gasteiger partial charge on any atom is -0.478 e. The van der Waals surface area contributed by atoms with Gasteiger partial charge in [-0.2, -0.15) is 0 Å². The first-order chi connectivity index (χ1) is 9.08. The number of halogens is 1. The fourth-order valence-electron chi connectivity index (χ4n) is 2.07. The summed E-state index contributed by atoms with van der Waals surface area (Å²) in [6, 6.07) is 3.27. The predicted molar refractivity (Wildman–Crippen MR) is 67.6 cm³/mol. The van der Waals surface area contributed by atoms with Gasteiger partial charge in [-0.05, 0) is 37.6 Å². The fraction of sp³-hybridized carbons (Fsp3) is 0.385. The number of carboxylic acid groups (broad SMARTS) is 1. The first-order valence-corrected chi connectivity index (χ1v) is 6.15. The van der Waals surface area contributed by atoms with Crippen molar-refractivity contribution in [3.05, 3.63) is 29.6 Å². The van der Waals surface area contributed by atoms with Crippen LogP contribution in [0.3, 0.4) is 0 Å². The maximum absolute atomic E-state index is 13.4. The van der Waals surface area contributed by atoms with E-state index in [1.165, 1.54) is 6.07 Å². The average molecular weight is 266 g/mol. The molecule has 5 nitrogen and oxygen atoms in total. The first kappa shape index (κ1) is 13.5. The number of carbonyl (C=O) groups is 2. The fourth-order valence-corrected chi connectivity index (χ4v) is 2.07. The number of rotatable bonds is 3. The van der Waals surface area contributed by atoms with E-state index in [0.717, 1.165) is 37.9 Å². The second kappa shape index (κ2) is 5.79. The molecular weight excluding hydrogens is 251 g/mol. The largest absolute Gasteiger partial charge is 0.478 e. The summed E-state index contributed by atoms with van der Waals surface area (Å²) in [5.74, 6) is -2.41. The molecule has 0 radical (unpaired) electrons. The van der Waals surface area contributed by atoms with E-state index in [1.54, 1.807) is 0 Å². The summed E-state index contributed by atoms with van der Waals surface area (Å²) < 4.78 is 13.4. The molecule has 1 atom stereocenters. The lowest BCUT2D eigenvalue weighted by Crippen LogP contribution is -2.43. The van der Waals surface area contributed by atoms with Gasteiger partial charge in [-0.1, -0.05) is 6.42 Å². The number of amides is 1. The van der Waals surface area contributed by atoms with Gasteiger partial charge in [-0.15, -0.1) is 0 Å². The average Bonchev–Trinajstić information content (AvgIpc) is 2.39. The Balaban J connectivity index is 2.04. The second-order valence-electron chi connectivity index (χ2n) is 4.49. The molecule has 1 aromatic rings. The second-order valence-corrected chi connectivity index (χ2v) is 4.49. The van der Waals surface area contributed by atoms with Gasteiger partial charge in [-0.25, -0.2) is 9.18 Å². The van der Waals surface area contributed by atoms with Crippen LogP contribution in [0.4, 0.5) is 10.1 Å². The summed E-state index contributed by atoms with van der Waals surface area (Å²) in [6.07, 6.45) is 2.78. The SMILES string of the molecule is O=C(O)c1ccc(NC(=O)[C@H]2CCCCN2)cc1F. The highest BCUT2D eigenvalue weighted by Gasteiger charge is 2.21. The molecule has 1 heterocycles. The van der Waals surface area contributed by atoms with Crippen LogP contribution in [0.1, 0.15) is 29.6 Å². The van der Waals surface area contributed by atoms with Crippen LogP contribution >= 0.6 is 0 Å². The molecule has 0 aliphatic carbocycles. The van der Waals surface area contributed by atoms with Crippen molar-refractivity contribution in [2.24, 2.45) is 0 Å². The molecule has 1 aliphatic heterocycles. The van der Waals surface area contributed by atoms with Crippen molar-refractivity contribution >= 4 is 17.6 Å². The van der Waals surface area contributed by atoms with Gasteiger partial charge in [0.25, 0.3) is 0 Å². The Labute approximate surface area is 109 Å². The van der Waals surface area contributed by atoms with Crippen LogP contribution in [0.2, 0.25) is 0 Å². The van der Waals surface area contributed by atoms with Gasteiger partial charge in [0.2, 0.25) is 5.91 Å². The van der Waals surface area contributed by atoms with Gasteiger partial charge < -0.3 is 15.7 Å². The molecule has 0 unspecified atom stereocenters. The van der Waals surface area contributed by atoms with E-state index < -0.39 is 17.3 Å². The van der Waals surface area contributed by atoms with Crippen LogP contribution in [0, 0.1) is 5.82 Å². The lowest BCUT2D eigenvalue weighted by atomic mass is 10.0. The molecule has 6 heteroatoms. The first-order valence-electron chi connectivity index (χ1n) is 6.15. The minimum atomic E-state index is -1.33. The van der Waals surface area contributed by atoms with Crippen molar-refractivity contribution in [2.75, 3.05) is 11.9 Å². The zero-order chi connectivity index (χ0) is 13.8. The normalized spacial score (nSPS) is 18.9. The van der Waals surface area contributed by atoms with Gasteiger partial charge in [0.05, 0.1) is 11.6 Å². The Kier molecular flexibility index (Phi) is 4.11. The third kappa shape index (κ3) is 3.29. The molecule has 2 rings (SSSR count). The van der Waals surface area contributed by atoms with Crippen LogP contribution in [0.5, 0.6) is 0 Å². The molecule has 1 aliphatic rings. The van der Waals surface area contributed by atoms with E-state index in [9.17, 15) is 14.0 Å². The van der Waals surface area contributed by atoms with Crippen molar-refractivity contribution < 1.29 is 19.1 Å². The number of aromatic carboxylic acids is 1. The molecule has 1 amide bonds. The summed E-state index contributed by atoms with van der Waals surface area (Å²) in [5.41, 5.74) is -0.145. The quantitative estimate of drug-likeness (QED) is 0.776. The zero-order valence-electron chi connectivity index (χ0n) is 10.3. The summed E-state index contributed by atoms with van der Waals surface area (Å²) in [5, 5.41) is 14.4. The molecule has 1 aromatic carbocycles. The lowest BCUT2D eigenvalue weighted by molar-refractivity contribution is -0.118. The Morgan fingerprint density at radius 2 is 2.16 bits per heavy atom. The Hall–Kier alpha value is -1.95. The molecule has 3 N–H and O–H groups in total. The topological polar surface area (TPSA) is 78.4 Å². The summed E-state index contributed by atoms with van der Waals surface area (Å²) in [6.45, 7) is 0.796. The maximum Gasteiger partial charge on any atom is 0.338 e. The van der Waals surface area contributed by atoms with Crippen LogP contribution in [-0.2, 0) is 4.79 Å². The van der Waals surface area contributed by atoms with Gasteiger partial charge >= 0.3 is 5.97 Å². The van der Waals surface area contributed by atoms with Gasteiger partial charge in [0, 0.05) is 5.69 Å². The van der Waals surface area contributed by atoms with Crippen molar-refractivity contribution in [3.63, 3.8) is 0 Å². The molecule has 102 valence electrons. The van der Waals surface area contributed by atoms with E-state index in [2.05, 4.69) is 10.6 Å². The Morgan fingerprint density at radius 1 is 1.37 bits per heavy atom. The molecular formula is C13H15FN2O3. The monoisotopic (exact) mass is 266 g/mol. The van der Waals surface area contributed by atoms with Crippen molar-refractivity contribution in [1.82, 2.24) is 5.32 Å². The van der Waals surface area contributed by atoms with E-state index in [4.69, 9.17) is 5.11 Å². The highest BCUT2D eigenvalue weighted by atomic mass is 19.1. The third-order valence-corrected chi connectivity index (χ3v) is 3.09. The smallest absolute Gasteiger partial charge is 0.338 e. The molecule has 0 saturated carbocycles. The zero-order valence-corrected chi connectivity index (χ0v) is 10.3. The molecule has 0 aromatic heterocycles. The molecule has 0 spiro atoms. The summed E-state index contributed by atoms with van der Waals surface area (Å²) in [4.78, 5) is 22.6. The number of hydrogen-bond donors (Lipinski definition) is 3. The molecule has 0 bridgehead atoms. The van der Waals surface area contributed by atoms with Gasteiger partial charge in [-0.3, -0.25) is 4.79 Å². The number of hydrogen-bond acceptors (Lipinski definition) is 3. The molecule has 1 fully saturated rings. The Morgan fingerprint density at radius 3 is 2.74 bits per heavy atom. The van der Waals surface area contributed by atoms with Crippen LogP contribution in [0.25, 0.3) is 0 Å². The highest BCUT2D eigenvalue weighted by molar-refractivity contribution is 5.95. The van der Waals surface area contributed by atoms with E-state index in [0.29, 0.717) is 0 Å². The van der Waals surface area contributed by atoms with Crippen LogP contribution in [0.15, 0.2) is 18.2 Å². The predicted octanol–water partition coefficient (Wildman–Crippen LogP) is 1.60. The van der Waals surface area contributed by atoms with Gasteiger partial charge in [0.15, 0.2) is 0 Å². The lowest BCUT2D eigenvalue weighted by Gasteiger charge is -2.22. The highest BCUT2D eigenvalue weighted by Crippen LogP contribution is 2.16. The summed E-state index contributed by atoms with van der Waals surface area (Å²) in [7, 11) is 0. The standard InChI is InChI=1S/C13H15FN2O3/c14-10-7-8(4-5-9(10)13(18)19)16-12(17)11-3-1-2-6-15-11/h4-5,7,11,15H,1-3,6H2,(H,16,17)(H,18,19)/t11-/m1/s1.